The number of ether oxygens (including phenoxy) is 1. The number of nitrogens with zero attached hydrogens (tertiary/aromatic N) is 1. The van der Waals surface area contributed by atoms with Crippen LogP contribution < -0.4 is 10.1 Å². The zero-order valence-corrected chi connectivity index (χ0v) is 13.7. The van der Waals surface area contributed by atoms with Crippen LogP contribution in [0.2, 0.25) is 0 Å². The number of likely N-dealkylation sites (tertiary alicyclic amines) is 1. The molecule has 1 heterocycles. The minimum absolute atomic E-state index is 0.0198. The van der Waals surface area contributed by atoms with E-state index in [-0.39, 0.29) is 5.91 Å². The van der Waals surface area contributed by atoms with Gasteiger partial charge in [-0.2, -0.15) is 0 Å². The molecule has 2 aromatic rings. The van der Waals surface area contributed by atoms with Gasteiger partial charge in [-0.1, -0.05) is 30.3 Å². The number of hydrogen-bond acceptors (Lipinski definition) is 4. The molecule has 5 nitrogen and oxygen atoms in total. The molecule has 0 aromatic heterocycles. The Balaban J connectivity index is 1.83. The third-order valence-electron chi connectivity index (χ3n) is 4.26. The Kier molecular flexibility index (Phi) is 5.01. The first-order valence-electron chi connectivity index (χ1n) is 8.10. The summed E-state index contributed by atoms with van der Waals surface area (Å²) < 4.78 is 5.17. The minimum Gasteiger partial charge on any atom is -0.497 e. The Morgan fingerprint density at radius 3 is 2.50 bits per heavy atom. The topological polar surface area (TPSA) is 61.8 Å². The van der Waals surface area contributed by atoms with Crippen molar-refractivity contribution in [3.05, 3.63) is 60.2 Å². The van der Waals surface area contributed by atoms with E-state index in [0.717, 1.165) is 17.0 Å². The normalized spacial score (nSPS) is 18.2. The van der Waals surface area contributed by atoms with Crippen LogP contribution in [0.15, 0.2) is 54.6 Å². The lowest BCUT2D eigenvalue weighted by Gasteiger charge is -2.25. The molecule has 2 N–H and O–H groups in total. The van der Waals surface area contributed by atoms with Gasteiger partial charge in [0, 0.05) is 18.8 Å². The fraction of sp³-hybridized carbons (Fsp3) is 0.316. The maximum Gasteiger partial charge on any atom is 0.249 e. The van der Waals surface area contributed by atoms with Crippen molar-refractivity contribution in [1.82, 2.24) is 4.90 Å². The molecule has 1 aliphatic heterocycles. The maximum atomic E-state index is 12.9. The lowest BCUT2D eigenvalue weighted by Crippen LogP contribution is -2.37. The van der Waals surface area contributed by atoms with Gasteiger partial charge in [0.15, 0.2) is 0 Å². The van der Waals surface area contributed by atoms with Crippen LogP contribution in [0.1, 0.15) is 18.0 Å². The number of nitrogens with one attached hydrogen (secondary N) is 1. The molecule has 0 bridgehead atoms. The van der Waals surface area contributed by atoms with Crippen LogP contribution in [0.4, 0.5) is 5.69 Å². The number of rotatable bonds is 5. The third kappa shape index (κ3) is 3.68. The van der Waals surface area contributed by atoms with Crippen molar-refractivity contribution in [3.8, 4) is 5.75 Å². The largest absolute Gasteiger partial charge is 0.497 e. The predicted molar refractivity (Wildman–Crippen MR) is 93.0 cm³/mol. The van der Waals surface area contributed by atoms with Crippen molar-refractivity contribution < 1.29 is 14.6 Å². The van der Waals surface area contributed by atoms with Crippen LogP contribution in [-0.4, -0.2) is 42.2 Å². The molecule has 0 saturated carbocycles. The molecule has 0 spiro atoms. The summed E-state index contributed by atoms with van der Waals surface area (Å²) in [5, 5.41) is 13.0. The summed E-state index contributed by atoms with van der Waals surface area (Å²) in [6.07, 6.45) is 0.210. The highest BCUT2D eigenvalue weighted by atomic mass is 16.5. The molecule has 1 amide bonds. The molecule has 1 aliphatic rings. The number of benzene rings is 2. The smallest absolute Gasteiger partial charge is 0.249 e. The van der Waals surface area contributed by atoms with Gasteiger partial charge in [0.25, 0.3) is 0 Å². The van der Waals surface area contributed by atoms with Crippen molar-refractivity contribution in [1.29, 1.82) is 0 Å². The maximum absolute atomic E-state index is 12.9. The molecule has 3 rings (SSSR count). The van der Waals surface area contributed by atoms with Gasteiger partial charge in [0.1, 0.15) is 11.8 Å². The Bertz CT molecular complexity index is 673. The SMILES string of the molecule is COc1ccc(NC(C(=O)N2CC[C@H](O)C2)c2ccccc2)cc1. The highest BCUT2D eigenvalue weighted by Gasteiger charge is 2.30. The Morgan fingerprint density at radius 1 is 1.21 bits per heavy atom. The molecule has 5 heteroatoms. The van der Waals surface area contributed by atoms with E-state index in [1.807, 2.05) is 54.6 Å². The van der Waals surface area contributed by atoms with Crippen LogP contribution in [0.3, 0.4) is 0 Å². The van der Waals surface area contributed by atoms with Gasteiger partial charge in [-0.05, 0) is 36.2 Å². The first kappa shape index (κ1) is 16.3. The van der Waals surface area contributed by atoms with E-state index < -0.39 is 12.1 Å². The molecule has 126 valence electrons. The van der Waals surface area contributed by atoms with Gasteiger partial charge in [0.2, 0.25) is 5.91 Å². The van der Waals surface area contributed by atoms with Gasteiger partial charge in [-0.25, -0.2) is 0 Å². The van der Waals surface area contributed by atoms with E-state index in [1.54, 1.807) is 12.0 Å². The van der Waals surface area contributed by atoms with Gasteiger partial charge in [0.05, 0.1) is 13.2 Å². The number of aliphatic hydroxyl groups is 1. The second kappa shape index (κ2) is 7.36. The average molecular weight is 326 g/mol. The quantitative estimate of drug-likeness (QED) is 0.886. The fourth-order valence-corrected chi connectivity index (χ4v) is 2.91. The third-order valence-corrected chi connectivity index (χ3v) is 4.26. The predicted octanol–water partition coefficient (Wildman–Crippen LogP) is 2.44. The van der Waals surface area contributed by atoms with Gasteiger partial charge in [-0.3, -0.25) is 4.79 Å². The second-order valence-electron chi connectivity index (χ2n) is 5.94. The summed E-state index contributed by atoms with van der Waals surface area (Å²) >= 11 is 0. The summed E-state index contributed by atoms with van der Waals surface area (Å²) in [5.41, 5.74) is 1.75. The number of carbonyl (C=O) groups excluding carboxylic acids is 1. The van der Waals surface area contributed by atoms with Gasteiger partial charge >= 0.3 is 0 Å². The first-order chi connectivity index (χ1) is 11.7. The van der Waals surface area contributed by atoms with Crippen LogP contribution in [0, 0.1) is 0 Å². The molecule has 1 fully saturated rings. The molecule has 24 heavy (non-hydrogen) atoms. The van der Waals surface area contributed by atoms with Crippen LogP contribution in [-0.2, 0) is 4.79 Å². The zero-order valence-electron chi connectivity index (χ0n) is 13.7. The molecular formula is C19H22N2O3. The van der Waals surface area contributed by atoms with Crippen LogP contribution in [0.5, 0.6) is 5.75 Å². The Hall–Kier alpha value is -2.53. The molecule has 0 aliphatic carbocycles. The average Bonchev–Trinajstić information content (AvgIpc) is 3.07. The number of anilines is 1. The Labute approximate surface area is 141 Å². The Morgan fingerprint density at radius 2 is 1.92 bits per heavy atom. The second-order valence-corrected chi connectivity index (χ2v) is 5.94. The molecular weight excluding hydrogens is 304 g/mol. The summed E-state index contributed by atoms with van der Waals surface area (Å²) in [4.78, 5) is 14.7. The van der Waals surface area contributed by atoms with Crippen molar-refractivity contribution in [2.75, 3.05) is 25.5 Å². The lowest BCUT2D eigenvalue weighted by atomic mass is 10.1. The number of methoxy groups -OCH3 is 1. The van der Waals surface area contributed by atoms with Gasteiger partial charge < -0.3 is 20.1 Å². The first-order valence-corrected chi connectivity index (χ1v) is 8.10. The molecule has 1 saturated heterocycles. The van der Waals surface area contributed by atoms with Crippen molar-refractivity contribution in [2.24, 2.45) is 0 Å². The number of amides is 1. The fourth-order valence-electron chi connectivity index (χ4n) is 2.91. The van der Waals surface area contributed by atoms with E-state index in [9.17, 15) is 9.90 Å². The highest BCUT2D eigenvalue weighted by molar-refractivity contribution is 5.86. The van der Waals surface area contributed by atoms with Gasteiger partial charge in [-0.15, -0.1) is 0 Å². The summed E-state index contributed by atoms with van der Waals surface area (Å²) in [6, 6.07) is 16.7. The lowest BCUT2D eigenvalue weighted by molar-refractivity contribution is -0.131. The van der Waals surface area contributed by atoms with E-state index in [1.165, 1.54) is 0 Å². The summed E-state index contributed by atoms with van der Waals surface area (Å²) in [6.45, 7) is 0.986. The number of β-amino-alcohol motifs (C(OH)–C–C–N with tert-alkyl or cyclic N) is 1. The summed E-state index contributed by atoms with van der Waals surface area (Å²) in [5.74, 6) is 0.749. The number of carbonyl (C=O) groups is 1. The van der Waals surface area contributed by atoms with Crippen LogP contribution in [0.25, 0.3) is 0 Å². The molecule has 1 unspecified atom stereocenters. The molecule has 2 aromatic carbocycles. The van der Waals surface area contributed by atoms with Crippen molar-refractivity contribution in [3.63, 3.8) is 0 Å². The standard InChI is InChI=1S/C19H22N2O3/c1-24-17-9-7-15(8-10-17)20-18(14-5-3-2-4-6-14)19(23)21-12-11-16(22)13-21/h2-10,16,18,20,22H,11-13H2,1H3/t16-,18?/m0/s1. The van der Waals surface area contributed by atoms with E-state index >= 15 is 0 Å². The monoisotopic (exact) mass is 326 g/mol. The summed E-state index contributed by atoms with van der Waals surface area (Å²) in [7, 11) is 1.62. The van der Waals surface area contributed by atoms with Crippen molar-refractivity contribution >= 4 is 11.6 Å². The zero-order chi connectivity index (χ0) is 16.9. The molecule has 0 radical (unpaired) electrons. The highest BCUT2D eigenvalue weighted by Crippen LogP contribution is 2.25. The van der Waals surface area contributed by atoms with E-state index in [2.05, 4.69) is 5.32 Å². The van der Waals surface area contributed by atoms with Crippen molar-refractivity contribution in [2.45, 2.75) is 18.6 Å². The van der Waals surface area contributed by atoms with E-state index in [0.29, 0.717) is 19.5 Å². The number of hydrogen-bond donors (Lipinski definition) is 2. The molecule has 2 atom stereocenters. The minimum atomic E-state index is -0.482. The van der Waals surface area contributed by atoms with E-state index in [4.69, 9.17) is 4.74 Å². The number of aliphatic hydroxyl groups excluding tert-OH is 1. The van der Waals surface area contributed by atoms with Crippen LogP contribution >= 0.6 is 0 Å².